The number of carboxylic acids is 1. The van der Waals surface area contributed by atoms with Crippen LogP contribution in [-0.4, -0.2) is 21.0 Å². The highest BCUT2D eigenvalue weighted by Crippen LogP contribution is 2.35. The molecule has 0 saturated heterocycles. The van der Waals surface area contributed by atoms with E-state index in [4.69, 9.17) is 5.11 Å². The molecule has 7 heteroatoms. The van der Waals surface area contributed by atoms with Crippen LogP contribution < -0.4 is 0 Å². The van der Waals surface area contributed by atoms with Crippen molar-refractivity contribution < 1.29 is 23.1 Å². The number of hydrogen-bond acceptors (Lipinski definition) is 3. The molecule has 2 rings (SSSR count). The summed E-state index contributed by atoms with van der Waals surface area (Å²) in [6.45, 7) is 1.42. The minimum absolute atomic E-state index is 0.0135. The van der Waals surface area contributed by atoms with Crippen molar-refractivity contribution in [3.05, 3.63) is 47.3 Å². The number of nitrogens with zero attached hydrogens (tertiary/aromatic N) is 2. The lowest BCUT2D eigenvalue weighted by atomic mass is 10.1. The summed E-state index contributed by atoms with van der Waals surface area (Å²) in [7, 11) is 0. The van der Waals surface area contributed by atoms with Gasteiger partial charge in [-0.05, 0) is 31.2 Å². The molecule has 0 fully saturated rings. The zero-order valence-corrected chi connectivity index (χ0v) is 10.3. The van der Waals surface area contributed by atoms with E-state index in [1.54, 1.807) is 0 Å². The molecule has 20 heavy (non-hydrogen) atoms. The topological polar surface area (TPSA) is 63.1 Å². The molecule has 0 aliphatic rings. The first kappa shape index (κ1) is 14.0. The molecule has 0 aliphatic carbocycles. The van der Waals surface area contributed by atoms with Gasteiger partial charge < -0.3 is 5.11 Å². The first-order chi connectivity index (χ1) is 9.30. The largest absolute Gasteiger partial charge is 0.478 e. The average Bonchev–Trinajstić information content (AvgIpc) is 2.37. The summed E-state index contributed by atoms with van der Waals surface area (Å²) in [5.74, 6) is -1.18. The number of carbonyl (C=O) groups is 1. The van der Waals surface area contributed by atoms with Crippen LogP contribution in [0.15, 0.2) is 30.5 Å². The first-order valence-corrected chi connectivity index (χ1v) is 5.54. The molecule has 2 aromatic rings. The number of pyridine rings is 2. The number of halogens is 3. The van der Waals surface area contributed by atoms with E-state index in [1.165, 1.54) is 31.3 Å². The van der Waals surface area contributed by atoms with Gasteiger partial charge in [0, 0.05) is 6.20 Å². The maximum atomic E-state index is 12.9. The Morgan fingerprint density at radius 1 is 1.25 bits per heavy atom. The number of rotatable bonds is 2. The van der Waals surface area contributed by atoms with Crippen molar-refractivity contribution in [3.63, 3.8) is 0 Å². The van der Waals surface area contributed by atoms with E-state index in [0.717, 1.165) is 6.07 Å². The van der Waals surface area contributed by atoms with Crippen LogP contribution in [0.4, 0.5) is 13.2 Å². The van der Waals surface area contributed by atoms with Gasteiger partial charge in [-0.15, -0.1) is 0 Å². The van der Waals surface area contributed by atoms with Crippen molar-refractivity contribution in [1.82, 2.24) is 9.97 Å². The van der Waals surface area contributed by atoms with Crippen LogP contribution in [0, 0.1) is 6.92 Å². The van der Waals surface area contributed by atoms with Crippen LogP contribution >= 0.6 is 0 Å². The van der Waals surface area contributed by atoms with Gasteiger partial charge in [-0.3, -0.25) is 9.97 Å². The molecule has 0 atom stereocenters. The van der Waals surface area contributed by atoms with Gasteiger partial charge in [0.2, 0.25) is 0 Å². The third-order valence-corrected chi connectivity index (χ3v) is 2.67. The summed E-state index contributed by atoms with van der Waals surface area (Å²) in [6, 6.07) is 4.53. The van der Waals surface area contributed by atoms with E-state index >= 15 is 0 Å². The van der Waals surface area contributed by atoms with Crippen LogP contribution in [0.25, 0.3) is 11.4 Å². The molecule has 0 bridgehead atoms. The lowest BCUT2D eigenvalue weighted by Gasteiger charge is -2.11. The predicted octanol–water partition coefficient (Wildman–Crippen LogP) is 3.17. The third kappa shape index (κ3) is 2.61. The molecule has 1 N–H and O–H groups in total. The summed E-state index contributed by atoms with van der Waals surface area (Å²) in [4.78, 5) is 18.5. The smallest absolute Gasteiger partial charge is 0.418 e. The van der Waals surface area contributed by atoms with Crippen molar-refractivity contribution in [2.24, 2.45) is 0 Å². The summed E-state index contributed by atoms with van der Waals surface area (Å²) >= 11 is 0. The minimum Gasteiger partial charge on any atom is -0.478 e. The summed E-state index contributed by atoms with van der Waals surface area (Å²) < 4.78 is 38.6. The van der Waals surface area contributed by atoms with E-state index in [0.29, 0.717) is 0 Å². The van der Waals surface area contributed by atoms with E-state index in [9.17, 15) is 18.0 Å². The van der Waals surface area contributed by atoms with Crippen LogP contribution in [0.5, 0.6) is 0 Å². The lowest BCUT2D eigenvalue weighted by Crippen LogP contribution is -2.09. The Hall–Kier alpha value is -2.44. The molecule has 4 nitrogen and oxygen atoms in total. The summed E-state index contributed by atoms with van der Waals surface area (Å²) in [6.07, 6.45) is -3.32. The van der Waals surface area contributed by atoms with Crippen molar-refractivity contribution in [2.45, 2.75) is 13.1 Å². The summed E-state index contributed by atoms with van der Waals surface area (Å²) in [5.41, 5.74) is -1.16. The molecule has 0 saturated carbocycles. The Morgan fingerprint density at radius 2 is 1.95 bits per heavy atom. The second kappa shape index (κ2) is 4.92. The van der Waals surface area contributed by atoms with Crippen molar-refractivity contribution in [2.75, 3.05) is 0 Å². The van der Waals surface area contributed by atoms with Crippen molar-refractivity contribution in [1.29, 1.82) is 0 Å². The van der Waals surface area contributed by atoms with Gasteiger partial charge in [0.1, 0.15) is 5.69 Å². The highest BCUT2D eigenvalue weighted by Gasteiger charge is 2.34. The SMILES string of the molecule is Cc1nc(-c2ncccc2C(F)(F)F)ccc1C(=O)O. The Labute approximate surface area is 111 Å². The average molecular weight is 282 g/mol. The second-order valence-electron chi connectivity index (χ2n) is 4.03. The highest BCUT2D eigenvalue weighted by molar-refractivity contribution is 5.89. The van der Waals surface area contributed by atoms with Crippen molar-refractivity contribution in [3.8, 4) is 11.4 Å². The maximum Gasteiger partial charge on any atom is 0.418 e. The fourth-order valence-corrected chi connectivity index (χ4v) is 1.76. The minimum atomic E-state index is -4.55. The molecule has 0 radical (unpaired) electrons. The van der Waals surface area contributed by atoms with Gasteiger partial charge in [0.05, 0.1) is 22.5 Å². The molecular formula is C13H9F3N2O2. The molecular weight excluding hydrogens is 273 g/mol. The van der Waals surface area contributed by atoms with E-state index < -0.39 is 17.7 Å². The maximum absolute atomic E-state index is 12.9. The summed E-state index contributed by atoms with van der Waals surface area (Å²) in [5, 5.41) is 8.88. The molecule has 0 aliphatic heterocycles. The quantitative estimate of drug-likeness (QED) is 0.919. The van der Waals surface area contributed by atoms with Gasteiger partial charge in [-0.1, -0.05) is 0 Å². The molecule has 0 aromatic carbocycles. The number of aryl methyl sites for hydroxylation is 1. The fraction of sp³-hybridized carbons (Fsp3) is 0.154. The fourth-order valence-electron chi connectivity index (χ4n) is 1.76. The Bertz CT molecular complexity index is 669. The van der Waals surface area contributed by atoms with Crippen LogP contribution in [-0.2, 0) is 6.18 Å². The van der Waals surface area contributed by atoms with Gasteiger partial charge >= 0.3 is 12.1 Å². The highest BCUT2D eigenvalue weighted by atomic mass is 19.4. The predicted molar refractivity (Wildman–Crippen MR) is 64.2 cm³/mol. The molecule has 2 heterocycles. The standard InChI is InChI=1S/C13H9F3N2O2/c1-7-8(12(19)20)4-5-10(18-7)11-9(13(14,15)16)3-2-6-17-11/h2-6H,1H3,(H,19,20). The molecule has 0 spiro atoms. The number of aromatic carboxylic acids is 1. The number of alkyl halides is 3. The lowest BCUT2D eigenvalue weighted by molar-refractivity contribution is -0.137. The van der Waals surface area contributed by atoms with Gasteiger partial charge in [-0.2, -0.15) is 13.2 Å². The van der Waals surface area contributed by atoms with E-state index in [1.807, 2.05) is 0 Å². The zero-order valence-electron chi connectivity index (χ0n) is 10.3. The zero-order chi connectivity index (χ0) is 14.9. The first-order valence-electron chi connectivity index (χ1n) is 5.54. The molecule has 2 aromatic heterocycles. The van der Waals surface area contributed by atoms with Crippen LogP contribution in [0.3, 0.4) is 0 Å². The van der Waals surface area contributed by atoms with E-state index in [-0.39, 0.29) is 22.6 Å². The molecule has 0 unspecified atom stereocenters. The Kier molecular flexibility index (Phi) is 3.44. The normalized spacial score (nSPS) is 11.4. The monoisotopic (exact) mass is 282 g/mol. The third-order valence-electron chi connectivity index (χ3n) is 2.67. The van der Waals surface area contributed by atoms with Crippen molar-refractivity contribution >= 4 is 5.97 Å². The molecule has 104 valence electrons. The van der Waals surface area contributed by atoms with Crippen LogP contribution in [0.1, 0.15) is 21.6 Å². The van der Waals surface area contributed by atoms with E-state index in [2.05, 4.69) is 9.97 Å². The van der Waals surface area contributed by atoms with Gasteiger partial charge in [0.15, 0.2) is 0 Å². The number of hydrogen-bond donors (Lipinski definition) is 1. The molecule has 0 amide bonds. The Morgan fingerprint density at radius 3 is 2.50 bits per heavy atom. The second-order valence-corrected chi connectivity index (χ2v) is 4.03. The number of aromatic nitrogens is 2. The number of carboxylic acid groups (broad SMARTS) is 1. The Balaban J connectivity index is 2.59. The van der Waals surface area contributed by atoms with Gasteiger partial charge in [0.25, 0.3) is 0 Å². The van der Waals surface area contributed by atoms with Crippen LogP contribution in [0.2, 0.25) is 0 Å². The van der Waals surface area contributed by atoms with Gasteiger partial charge in [-0.25, -0.2) is 4.79 Å².